The molecular formula is C15H26O3. The van der Waals surface area contributed by atoms with Crippen LogP contribution in [0.3, 0.4) is 0 Å². The van der Waals surface area contributed by atoms with E-state index in [4.69, 9.17) is 5.11 Å². The molecule has 0 radical (unpaired) electrons. The number of ether oxygens (including phenoxy) is 1. The highest BCUT2D eigenvalue weighted by atomic mass is 16.5. The van der Waals surface area contributed by atoms with E-state index < -0.39 is 0 Å². The van der Waals surface area contributed by atoms with Crippen molar-refractivity contribution in [1.29, 1.82) is 0 Å². The quantitative estimate of drug-likeness (QED) is 0.370. The van der Waals surface area contributed by atoms with E-state index in [2.05, 4.69) is 16.6 Å². The largest absolute Gasteiger partial charge is 0.469 e. The van der Waals surface area contributed by atoms with Gasteiger partial charge in [-0.3, -0.25) is 4.79 Å². The predicted molar refractivity (Wildman–Crippen MR) is 73.0 cm³/mol. The Kier molecular flexibility index (Phi) is 13.3. The van der Waals surface area contributed by atoms with Gasteiger partial charge in [0.2, 0.25) is 0 Å². The minimum Gasteiger partial charge on any atom is -0.469 e. The number of esters is 1. The summed E-state index contributed by atoms with van der Waals surface area (Å²) in [6, 6.07) is 0. The van der Waals surface area contributed by atoms with Gasteiger partial charge in [0.15, 0.2) is 0 Å². The molecule has 0 saturated carbocycles. The zero-order chi connectivity index (χ0) is 13.5. The standard InChI is InChI=1S/C15H26O3/c1-18-15(17)13-11-9-7-5-3-2-4-6-8-10-12-14-16/h16H,2-4,6,8-14H2,1H3. The second kappa shape index (κ2) is 14.1. The first-order valence-corrected chi connectivity index (χ1v) is 6.94. The summed E-state index contributed by atoms with van der Waals surface area (Å²) in [6.07, 6.45) is 9.90. The van der Waals surface area contributed by atoms with Gasteiger partial charge in [-0.05, 0) is 19.3 Å². The predicted octanol–water partition coefficient (Wildman–Crippen LogP) is 3.06. The molecule has 0 unspecified atom stereocenters. The van der Waals surface area contributed by atoms with Crippen molar-refractivity contribution in [3.05, 3.63) is 0 Å². The zero-order valence-electron chi connectivity index (χ0n) is 11.5. The molecular weight excluding hydrogens is 228 g/mol. The average molecular weight is 254 g/mol. The SMILES string of the molecule is COC(=O)CCCC#CCCCCCCCCO. The maximum Gasteiger partial charge on any atom is 0.305 e. The van der Waals surface area contributed by atoms with E-state index in [1.54, 1.807) is 0 Å². The van der Waals surface area contributed by atoms with Gasteiger partial charge in [0.05, 0.1) is 7.11 Å². The number of methoxy groups -OCH3 is 1. The Morgan fingerprint density at radius 2 is 1.50 bits per heavy atom. The fourth-order valence-corrected chi connectivity index (χ4v) is 1.63. The minimum atomic E-state index is -0.153. The fraction of sp³-hybridized carbons (Fsp3) is 0.800. The van der Waals surface area contributed by atoms with Gasteiger partial charge in [-0.25, -0.2) is 0 Å². The molecule has 0 aliphatic rings. The van der Waals surface area contributed by atoms with Crippen LogP contribution in [0.5, 0.6) is 0 Å². The van der Waals surface area contributed by atoms with Crippen LogP contribution in [0.25, 0.3) is 0 Å². The van der Waals surface area contributed by atoms with E-state index in [0.717, 1.165) is 38.5 Å². The molecule has 0 heterocycles. The Morgan fingerprint density at radius 3 is 2.11 bits per heavy atom. The molecule has 0 fully saturated rings. The lowest BCUT2D eigenvalue weighted by atomic mass is 10.1. The summed E-state index contributed by atoms with van der Waals surface area (Å²) < 4.78 is 4.55. The van der Waals surface area contributed by atoms with Crippen molar-refractivity contribution < 1.29 is 14.6 Å². The normalized spacial score (nSPS) is 9.67. The molecule has 0 aliphatic carbocycles. The topological polar surface area (TPSA) is 46.5 Å². The summed E-state index contributed by atoms with van der Waals surface area (Å²) in [7, 11) is 1.41. The van der Waals surface area contributed by atoms with E-state index in [9.17, 15) is 4.79 Å². The van der Waals surface area contributed by atoms with Crippen molar-refractivity contribution in [2.75, 3.05) is 13.7 Å². The maximum absolute atomic E-state index is 10.8. The molecule has 0 atom stereocenters. The molecule has 0 rings (SSSR count). The Labute approximate surface area is 111 Å². The third kappa shape index (κ3) is 13.1. The second-order valence-corrected chi connectivity index (χ2v) is 4.38. The van der Waals surface area contributed by atoms with Crippen LogP contribution in [0.4, 0.5) is 0 Å². The molecule has 3 nitrogen and oxygen atoms in total. The van der Waals surface area contributed by atoms with Gasteiger partial charge in [0.25, 0.3) is 0 Å². The molecule has 0 spiro atoms. The lowest BCUT2D eigenvalue weighted by molar-refractivity contribution is -0.140. The molecule has 0 bridgehead atoms. The van der Waals surface area contributed by atoms with Gasteiger partial charge >= 0.3 is 5.97 Å². The Bertz CT molecular complexity index is 250. The third-order valence-electron chi connectivity index (χ3n) is 2.75. The number of aliphatic hydroxyl groups excluding tert-OH is 1. The van der Waals surface area contributed by atoms with Crippen LogP contribution in [0.2, 0.25) is 0 Å². The summed E-state index contributed by atoms with van der Waals surface area (Å²) in [5.74, 6) is 6.07. The molecule has 18 heavy (non-hydrogen) atoms. The van der Waals surface area contributed by atoms with Crippen LogP contribution >= 0.6 is 0 Å². The van der Waals surface area contributed by atoms with Crippen LogP contribution in [-0.2, 0) is 9.53 Å². The van der Waals surface area contributed by atoms with Gasteiger partial charge in [0.1, 0.15) is 0 Å². The van der Waals surface area contributed by atoms with Crippen LogP contribution in [0.1, 0.15) is 64.2 Å². The molecule has 0 aliphatic heterocycles. The lowest BCUT2D eigenvalue weighted by Crippen LogP contribution is -1.98. The number of carbonyl (C=O) groups excluding carboxylic acids is 1. The Hall–Kier alpha value is -1.01. The number of hydrogen-bond acceptors (Lipinski definition) is 3. The van der Waals surface area contributed by atoms with Crippen LogP contribution < -0.4 is 0 Å². The molecule has 0 aromatic heterocycles. The molecule has 0 aromatic rings. The number of carbonyl (C=O) groups is 1. The Morgan fingerprint density at radius 1 is 0.944 bits per heavy atom. The summed E-state index contributed by atoms with van der Waals surface area (Å²) in [5, 5.41) is 8.61. The van der Waals surface area contributed by atoms with Crippen molar-refractivity contribution in [3.63, 3.8) is 0 Å². The minimum absolute atomic E-state index is 0.153. The first-order valence-electron chi connectivity index (χ1n) is 6.94. The van der Waals surface area contributed by atoms with Gasteiger partial charge in [-0.1, -0.05) is 25.7 Å². The number of unbranched alkanes of at least 4 members (excludes halogenated alkanes) is 7. The number of aliphatic hydroxyl groups is 1. The highest BCUT2D eigenvalue weighted by molar-refractivity contribution is 5.69. The molecule has 104 valence electrons. The smallest absolute Gasteiger partial charge is 0.305 e. The summed E-state index contributed by atoms with van der Waals surface area (Å²) in [6.45, 7) is 0.317. The second-order valence-electron chi connectivity index (χ2n) is 4.38. The fourth-order valence-electron chi connectivity index (χ4n) is 1.63. The van der Waals surface area contributed by atoms with Crippen molar-refractivity contribution in [2.24, 2.45) is 0 Å². The van der Waals surface area contributed by atoms with Gasteiger partial charge in [-0.15, -0.1) is 11.8 Å². The average Bonchev–Trinajstić information content (AvgIpc) is 2.39. The van der Waals surface area contributed by atoms with Crippen molar-refractivity contribution in [1.82, 2.24) is 0 Å². The molecule has 0 aromatic carbocycles. The van der Waals surface area contributed by atoms with Gasteiger partial charge in [0, 0.05) is 25.9 Å². The van der Waals surface area contributed by atoms with Crippen LogP contribution in [-0.4, -0.2) is 24.8 Å². The number of hydrogen-bond donors (Lipinski definition) is 1. The molecule has 3 heteroatoms. The third-order valence-corrected chi connectivity index (χ3v) is 2.75. The number of rotatable bonds is 10. The lowest BCUT2D eigenvalue weighted by Gasteiger charge is -1.97. The van der Waals surface area contributed by atoms with E-state index in [-0.39, 0.29) is 5.97 Å². The molecule has 1 N–H and O–H groups in total. The summed E-state index contributed by atoms with van der Waals surface area (Å²) >= 11 is 0. The van der Waals surface area contributed by atoms with Gasteiger partial charge < -0.3 is 9.84 Å². The maximum atomic E-state index is 10.8. The van der Waals surface area contributed by atoms with E-state index >= 15 is 0 Å². The highest BCUT2D eigenvalue weighted by Crippen LogP contribution is 2.06. The molecule has 0 saturated heterocycles. The zero-order valence-corrected chi connectivity index (χ0v) is 11.5. The first-order chi connectivity index (χ1) is 8.81. The Balaban J connectivity index is 3.16. The molecule has 0 amide bonds. The van der Waals surface area contributed by atoms with Crippen molar-refractivity contribution >= 4 is 5.97 Å². The van der Waals surface area contributed by atoms with Crippen molar-refractivity contribution in [2.45, 2.75) is 64.2 Å². The van der Waals surface area contributed by atoms with Crippen LogP contribution in [0.15, 0.2) is 0 Å². The van der Waals surface area contributed by atoms with E-state index in [1.807, 2.05) is 0 Å². The van der Waals surface area contributed by atoms with E-state index in [0.29, 0.717) is 13.0 Å². The van der Waals surface area contributed by atoms with Crippen molar-refractivity contribution in [3.8, 4) is 11.8 Å². The highest BCUT2D eigenvalue weighted by Gasteiger charge is 1.96. The summed E-state index contributed by atoms with van der Waals surface area (Å²) in [4.78, 5) is 10.8. The summed E-state index contributed by atoms with van der Waals surface area (Å²) in [5.41, 5.74) is 0. The monoisotopic (exact) mass is 254 g/mol. The van der Waals surface area contributed by atoms with E-state index in [1.165, 1.54) is 26.4 Å². The first kappa shape index (κ1) is 17.0. The van der Waals surface area contributed by atoms with Crippen LogP contribution in [0, 0.1) is 11.8 Å². The van der Waals surface area contributed by atoms with Gasteiger partial charge in [-0.2, -0.15) is 0 Å².